The zero-order valence-electron chi connectivity index (χ0n) is 11.5. The van der Waals surface area contributed by atoms with Crippen LogP contribution in [0.2, 0.25) is 0 Å². The van der Waals surface area contributed by atoms with Gasteiger partial charge in [-0.25, -0.2) is 13.6 Å². The van der Waals surface area contributed by atoms with Gasteiger partial charge < -0.3 is 9.47 Å². The molecular formula is C14H16N2O4S. The third-order valence-corrected chi connectivity index (χ3v) is 3.82. The lowest BCUT2D eigenvalue weighted by Crippen LogP contribution is -2.15. The lowest BCUT2D eigenvalue weighted by molar-refractivity contribution is 0.300. The van der Waals surface area contributed by atoms with E-state index >= 15 is 0 Å². The molecule has 0 amide bonds. The molecule has 0 aliphatic carbocycles. The molecule has 2 rings (SSSR count). The fourth-order valence-electron chi connectivity index (χ4n) is 1.84. The number of aromatic nitrogens is 1. The van der Waals surface area contributed by atoms with Gasteiger partial charge in [-0.15, -0.1) is 0 Å². The summed E-state index contributed by atoms with van der Waals surface area (Å²) in [4.78, 5) is 4.22. The van der Waals surface area contributed by atoms with Crippen molar-refractivity contribution in [3.63, 3.8) is 0 Å². The zero-order valence-corrected chi connectivity index (χ0v) is 12.3. The fraction of sp³-hybridized carbons (Fsp3) is 0.214. The van der Waals surface area contributed by atoms with Gasteiger partial charge in [-0.1, -0.05) is 24.3 Å². The summed E-state index contributed by atoms with van der Waals surface area (Å²) < 4.78 is 33.4. The predicted molar refractivity (Wildman–Crippen MR) is 77.8 cm³/mol. The Kier molecular flexibility index (Phi) is 4.77. The number of nitrogens with two attached hydrogens (primary N) is 1. The van der Waals surface area contributed by atoms with E-state index in [4.69, 9.17) is 14.6 Å². The van der Waals surface area contributed by atoms with Crippen LogP contribution in [-0.4, -0.2) is 27.1 Å². The van der Waals surface area contributed by atoms with Gasteiger partial charge in [0.2, 0.25) is 21.8 Å². The van der Waals surface area contributed by atoms with E-state index in [9.17, 15) is 8.42 Å². The molecule has 0 spiro atoms. The van der Waals surface area contributed by atoms with E-state index in [2.05, 4.69) is 4.98 Å². The number of sulfonamides is 1. The van der Waals surface area contributed by atoms with Crippen molar-refractivity contribution in [1.29, 1.82) is 0 Å². The molecule has 6 nitrogen and oxygen atoms in total. The minimum Gasteiger partial charge on any atom is -0.481 e. The van der Waals surface area contributed by atoms with Crippen LogP contribution in [0.4, 0.5) is 0 Å². The monoisotopic (exact) mass is 308 g/mol. The van der Waals surface area contributed by atoms with Crippen molar-refractivity contribution in [3.8, 4) is 11.8 Å². The van der Waals surface area contributed by atoms with Crippen LogP contribution >= 0.6 is 0 Å². The minimum atomic E-state index is -3.73. The van der Waals surface area contributed by atoms with Crippen molar-refractivity contribution in [2.45, 2.75) is 11.3 Å². The van der Waals surface area contributed by atoms with Crippen LogP contribution in [0.3, 0.4) is 0 Å². The van der Waals surface area contributed by atoms with Gasteiger partial charge in [-0.3, -0.25) is 0 Å². The number of ether oxygens (including phenoxy) is 2. The summed E-state index contributed by atoms with van der Waals surface area (Å²) >= 11 is 0. The van der Waals surface area contributed by atoms with Gasteiger partial charge in [0.1, 0.15) is 0 Å². The number of pyridine rings is 1. The Balaban J connectivity index is 2.04. The highest BCUT2D eigenvalue weighted by Gasteiger charge is 2.12. The Morgan fingerprint density at radius 1 is 1.10 bits per heavy atom. The van der Waals surface area contributed by atoms with Gasteiger partial charge in [-0.05, 0) is 11.6 Å². The summed E-state index contributed by atoms with van der Waals surface area (Å²) in [5, 5.41) is 5.18. The second-order valence-corrected chi connectivity index (χ2v) is 5.80. The van der Waals surface area contributed by atoms with Crippen molar-refractivity contribution in [2.24, 2.45) is 5.14 Å². The maximum Gasteiger partial charge on any atom is 0.238 e. The molecule has 7 heteroatoms. The topological polar surface area (TPSA) is 91.5 Å². The van der Waals surface area contributed by atoms with E-state index in [0.29, 0.717) is 23.7 Å². The number of hydrogen-bond acceptors (Lipinski definition) is 5. The van der Waals surface area contributed by atoms with E-state index in [1.807, 2.05) is 0 Å². The van der Waals surface area contributed by atoms with E-state index in [1.54, 1.807) is 36.4 Å². The molecule has 0 saturated heterocycles. The quantitative estimate of drug-likeness (QED) is 0.870. The average molecular weight is 308 g/mol. The molecule has 1 aromatic carbocycles. The summed E-state index contributed by atoms with van der Waals surface area (Å²) in [5.41, 5.74) is 0.614. The zero-order chi connectivity index (χ0) is 15.3. The molecule has 0 bridgehead atoms. The van der Waals surface area contributed by atoms with Crippen molar-refractivity contribution in [3.05, 3.63) is 48.0 Å². The number of benzene rings is 1. The van der Waals surface area contributed by atoms with Gasteiger partial charge in [0, 0.05) is 18.6 Å². The van der Waals surface area contributed by atoms with Crippen molar-refractivity contribution >= 4 is 10.0 Å². The highest BCUT2D eigenvalue weighted by Crippen LogP contribution is 2.16. The Labute approximate surface area is 123 Å². The number of methoxy groups -OCH3 is 1. The second kappa shape index (κ2) is 6.55. The first-order valence-electron chi connectivity index (χ1n) is 6.25. The summed E-state index contributed by atoms with van der Waals surface area (Å²) in [6.07, 6.45) is 0.408. The van der Waals surface area contributed by atoms with Gasteiger partial charge in [0.25, 0.3) is 0 Å². The highest BCUT2D eigenvalue weighted by molar-refractivity contribution is 7.89. The SMILES string of the molecule is COc1cccc(OCCc2ccccc2S(N)(=O)=O)n1. The van der Waals surface area contributed by atoms with Crippen LogP contribution < -0.4 is 14.6 Å². The highest BCUT2D eigenvalue weighted by atomic mass is 32.2. The van der Waals surface area contributed by atoms with E-state index in [0.717, 1.165) is 0 Å². The molecule has 112 valence electrons. The first kappa shape index (κ1) is 15.3. The van der Waals surface area contributed by atoms with Crippen LogP contribution in [0.25, 0.3) is 0 Å². The first-order valence-corrected chi connectivity index (χ1v) is 7.80. The second-order valence-electron chi connectivity index (χ2n) is 4.27. The van der Waals surface area contributed by atoms with E-state index < -0.39 is 10.0 Å². The maximum atomic E-state index is 11.5. The molecule has 2 aromatic rings. The number of hydrogen-bond donors (Lipinski definition) is 1. The number of primary sulfonamides is 1. The molecule has 21 heavy (non-hydrogen) atoms. The Morgan fingerprint density at radius 2 is 1.81 bits per heavy atom. The van der Waals surface area contributed by atoms with Gasteiger partial charge in [0.05, 0.1) is 18.6 Å². The molecule has 0 fully saturated rings. The molecule has 1 aromatic heterocycles. The van der Waals surface area contributed by atoms with Crippen molar-refractivity contribution in [1.82, 2.24) is 4.98 Å². The largest absolute Gasteiger partial charge is 0.481 e. The van der Waals surface area contributed by atoms with Gasteiger partial charge in [-0.2, -0.15) is 4.98 Å². The molecule has 0 radical (unpaired) electrons. The standard InChI is InChI=1S/C14H16N2O4S/c1-19-13-7-4-8-14(16-13)20-10-9-11-5-2-3-6-12(11)21(15,17)18/h2-8H,9-10H2,1H3,(H2,15,17,18). The molecule has 0 saturated carbocycles. The van der Waals surface area contributed by atoms with Gasteiger partial charge >= 0.3 is 0 Å². The maximum absolute atomic E-state index is 11.5. The molecule has 0 atom stereocenters. The Hall–Kier alpha value is -2.12. The third kappa shape index (κ3) is 4.17. The average Bonchev–Trinajstić information content (AvgIpc) is 2.47. The van der Waals surface area contributed by atoms with Gasteiger partial charge in [0.15, 0.2) is 0 Å². The summed E-state index contributed by atoms with van der Waals surface area (Å²) in [6.45, 7) is 0.284. The van der Waals surface area contributed by atoms with Crippen LogP contribution in [0.1, 0.15) is 5.56 Å². The summed E-state index contributed by atoms with van der Waals surface area (Å²) in [7, 11) is -2.21. The number of nitrogens with zero attached hydrogens (tertiary/aromatic N) is 1. The molecule has 0 aliphatic rings. The molecular weight excluding hydrogens is 292 g/mol. The lowest BCUT2D eigenvalue weighted by Gasteiger charge is -2.09. The van der Waals surface area contributed by atoms with E-state index in [-0.39, 0.29) is 11.5 Å². The third-order valence-electron chi connectivity index (χ3n) is 2.81. The molecule has 0 unspecified atom stereocenters. The normalized spacial score (nSPS) is 11.1. The molecule has 2 N–H and O–H groups in total. The van der Waals surface area contributed by atoms with Crippen molar-refractivity contribution < 1.29 is 17.9 Å². The smallest absolute Gasteiger partial charge is 0.238 e. The lowest BCUT2D eigenvalue weighted by atomic mass is 10.2. The Morgan fingerprint density at radius 3 is 2.52 bits per heavy atom. The van der Waals surface area contributed by atoms with Crippen LogP contribution in [0, 0.1) is 0 Å². The summed E-state index contributed by atoms with van der Waals surface area (Å²) in [5.74, 6) is 0.875. The Bertz CT molecular complexity index is 716. The minimum absolute atomic E-state index is 0.118. The first-order chi connectivity index (χ1) is 10.0. The summed E-state index contributed by atoms with van der Waals surface area (Å²) in [6, 6.07) is 11.8. The molecule has 1 heterocycles. The number of rotatable bonds is 6. The van der Waals surface area contributed by atoms with Crippen LogP contribution in [-0.2, 0) is 16.4 Å². The van der Waals surface area contributed by atoms with Crippen molar-refractivity contribution in [2.75, 3.05) is 13.7 Å². The molecule has 0 aliphatic heterocycles. The van der Waals surface area contributed by atoms with Crippen LogP contribution in [0.5, 0.6) is 11.8 Å². The predicted octanol–water partition coefficient (Wildman–Crippen LogP) is 1.36. The fourth-order valence-corrected chi connectivity index (χ4v) is 2.65. The van der Waals surface area contributed by atoms with E-state index in [1.165, 1.54) is 13.2 Å². The van der Waals surface area contributed by atoms with Crippen LogP contribution in [0.15, 0.2) is 47.4 Å².